The Hall–Kier alpha value is -1.95. The molecule has 0 N–H and O–H groups in total. The predicted molar refractivity (Wildman–Crippen MR) is 113 cm³/mol. The Balaban J connectivity index is 1.68. The average Bonchev–Trinajstić information content (AvgIpc) is 2.98. The summed E-state index contributed by atoms with van der Waals surface area (Å²) in [6.45, 7) is 4.16. The van der Waals surface area contributed by atoms with Gasteiger partial charge in [0.25, 0.3) is 0 Å². The summed E-state index contributed by atoms with van der Waals surface area (Å²) in [5.74, 6) is 0.430. The lowest BCUT2D eigenvalue weighted by molar-refractivity contribution is 0.627. The zero-order chi connectivity index (χ0) is 19.0. The number of thioether (sulfide) groups is 1. The lowest BCUT2D eigenvalue weighted by Crippen LogP contribution is -1.90. The first-order valence-electron chi connectivity index (χ1n) is 8.42. The van der Waals surface area contributed by atoms with Gasteiger partial charge in [-0.15, -0.1) is 11.3 Å². The van der Waals surface area contributed by atoms with Gasteiger partial charge in [0.05, 0.1) is 5.39 Å². The largest absolute Gasteiger partial charge is 0.211 e. The van der Waals surface area contributed by atoms with Crippen molar-refractivity contribution in [2.75, 3.05) is 0 Å². The quantitative estimate of drug-likeness (QED) is 0.203. The van der Waals surface area contributed by atoms with E-state index in [-0.39, 0.29) is 5.82 Å². The van der Waals surface area contributed by atoms with E-state index in [0.717, 1.165) is 26.9 Å². The first-order valence-corrected chi connectivity index (χ1v) is 10.6. The van der Waals surface area contributed by atoms with Crippen LogP contribution in [0.3, 0.4) is 0 Å². The van der Waals surface area contributed by atoms with Crippen molar-refractivity contribution in [3.05, 3.63) is 75.5 Å². The van der Waals surface area contributed by atoms with E-state index in [9.17, 15) is 4.39 Å². The Morgan fingerprint density at radius 3 is 2.41 bits per heavy atom. The van der Waals surface area contributed by atoms with Crippen molar-refractivity contribution in [2.24, 2.45) is 0 Å². The molecule has 0 aliphatic rings. The third kappa shape index (κ3) is 3.86. The van der Waals surface area contributed by atoms with E-state index in [4.69, 9.17) is 16.6 Å². The average molecular weight is 415 g/mol. The number of aromatic nitrogens is 2. The van der Waals surface area contributed by atoms with Crippen molar-refractivity contribution >= 4 is 44.9 Å². The lowest BCUT2D eigenvalue weighted by Gasteiger charge is -2.05. The van der Waals surface area contributed by atoms with Gasteiger partial charge in [-0.05, 0) is 37.1 Å². The van der Waals surface area contributed by atoms with E-state index in [2.05, 4.69) is 43.1 Å². The predicted octanol–water partition coefficient (Wildman–Crippen LogP) is 7.06. The van der Waals surface area contributed by atoms with Crippen LogP contribution in [0.5, 0.6) is 0 Å². The molecule has 27 heavy (non-hydrogen) atoms. The number of nitrogens with zero attached hydrogens (tertiary/aromatic N) is 2. The summed E-state index contributed by atoms with van der Waals surface area (Å²) in [5, 5.41) is 2.02. The van der Waals surface area contributed by atoms with Crippen molar-refractivity contribution in [1.82, 2.24) is 9.97 Å². The molecule has 0 atom stereocenters. The number of hydrogen-bond donors (Lipinski definition) is 0. The Kier molecular flexibility index (Phi) is 5.17. The fourth-order valence-electron chi connectivity index (χ4n) is 2.91. The molecule has 2 aromatic carbocycles. The number of halogens is 2. The summed E-state index contributed by atoms with van der Waals surface area (Å²) >= 11 is 9.69. The van der Waals surface area contributed by atoms with Gasteiger partial charge in [-0.2, -0.15) is 0 Å². The monoisotopic (exact) mass is 414 g/mol. The van der Waals surface area contributed by atoms with Gasteiger partial charge in [0.2, 0.25) is 0 Å². The topological polar surface area (TPSA) is 25.8 Å². The highest BCUT2D eigenvalue weighted by atomic mass is 35.5. The van der Waals surface area contributed by atoms with Crippen LogP contribution in [-0.2, 0) is 5.75 Å². The Bertz CT molecular complexity index is 1110. The smallest absolute Gasteiger partial charge is 0.190 e. The molecule has 0 fully saturated rings. The van der Waals surface area contributed by atoms with Gasteiger partial charge < -0.3 is 0 Å². The minimum atomic E-state index is -0.234. The van der Waals surface area contributed by atoms with Crippen LogP contribution in [0.1, 0.15) is 16.0 Å². The SMILES string of the molecule is Cc1ccc(-c2c(C)sc3nc(SCc4ccc(F)cc4)nc(Cl)c23)cc1. The highest BCUT2D eigenvalue weighted by Gasteiger charge is 2.17. The lowest BCUT2D eigenvalue weighted by atomic mass is 10.0. The van der Waals surface area contributed by atoms with E-state index in [1.807, 2.05) is 0 Å². The molecule has 0 spiro atoms. The van der Waals surface area contributed by atoms with Crippen molar-refractivity contribution in [1.29, 1.82) is 0 Å². The Morgan fingerprint density at radius 2 is 1.70 bits per heavy atom. The zero-order valence-corrected chi connectivity index (χ0v) is 17.2. The summed E-state index contributed by atoms with van der Waals surface area (Å²) in [7, 11) is 0. The maximum atomic E-state index is 13.0. The van der Waals surface area contributed by atoms with Gasteiger partial charge in [0.1, 0.15) is 15.8 Å². The summed E-state index contributed by atoms with van der Waals surface area (Å²) in [6, 6.07) is 14.9. The molecule has 0 aliphatic heterocycles. The highest BCUT2D eigenvalue weighted by molar-refractivity contribution is 7.98. The molecule has 0 radical (unpaired) electrons. The van der Waals surface area contributed by atoms with E-state index in [1.165, 1.54) is 34.3 Å². The first-order chi connectivity index (χ1) is 13.0. The molecule has 0 saturated carbocycles. The van der Waals surface area contributed by atoms with E-state index >= 15 is 0 Å². The molecule has 2 nitrogen and oxygen atoms in total. The molecule has 0 aliphatic carbocycles. The zero-order valence-electron chi connectivity index (χ0n) is 14.8. The summed E-state index contributed by atoms with van der Waals surface area (Å²) in [5.41, 5.74) is 4.47. The van der Waals surface area contributed by atoms with Crippen LogP contribution in [0.4, 0.5) is 4.39 Å². The molecule has 136 valence electrons. The second kappa shape index (κ2) is 7.58. The van der Waals surface area contributed by atoms with Crippen molar-refractivity contribution in [3.63, 3.8) is 0 Å². The van der Waals surface area contributed by atoms with Gasteiger partial charge in [0, 0.05) is 16.2 Å². The van der Waals surface area contributed by atoms with Gasteiger partial charge in [-0.1, -0.05) is 65.3 Å². The molecule has 0 bridgehead atoms. The fraction of sp³-hybridized carbons (Fsp3) is 0.143. The van der Waals surface area contributed by atoms with Crippen LogP contribution in [-0.4, -0.2) is 9.97 Å². The summed E-state index contributed by atoms with van der Waals surface area (Å²) in [4.78, 5) is 11.3. The second-order valence-corrected chi connectivity index (χ2v) is 8.80. The maximum Gasteiger partial charge on any atom is 0.190 e. The molecular weight excluding hydrogens is 399 g/mol. The number of benzene rings is 2. The first kappa shape index (κ1) is 18.4. The van der Waals surface area contributed by atoms with Crippen LogP contribution < -0.4 is 0 Å². The number of rotatable bonds is 4. The Labute approximate surface area is 170 Å². The Morgan fingerprint density at radius 1 is 1.00 bits per heavy atom. The summed E-state index contributed by atoms with van der Waals surface area (Å²) < 4.78 is 13.0. The van der Waals surface area contributed by atoms with Crippen LogP contribution in [0.15, 0.2) is 53.7 Å². The minimum Gasteiger partial charge on any atom is -0.211 e. The van der Waals surface area contributed by atoms with Crippen molar-refractivity contribution in [2.45, 2.75) is 24.8 Å². The molecule has 4 rings (SSSR count). The highest BCUT2D eigenvalue weighted by Crippen LogP contribution is 2.41. The fourth-order valence-corrected chi connectivity index (χ4v) is 5.19. The molecule has 0 unspecified atom stereocenters. The molecule has 6 heteroatoms. The third-order valence-electron chi connectivity index (χ3n) is 4.28. The number of thiophene rings is 1. The molecule has 4 aromatic rings. The molecular formula is C21H16ClFN2S2. The third-order valence-corrected chi connectivity index (χ3v) is 6.48. The molecule has 0 amide bonds. The van der Waals surface area contributed by atoms with Crippen molar-refractivity contribution < 1.29 is 4.39 Å². The molecule has 2 heterocycles. The minimum absolute atomic E-state index is 0.234. The van der Waals surface area contributed by atoms with Gasteiger partial charge >= 0.3 is 0 Å². The van der Waals surface area contributed by atoms with Crippen LogP contribution in [0.2, 0.25) is 5.15 Å². The van der Waals surface area contributed by atoms with Crippen LogP contribution in [0.25, 0.3) is 21.3 Å². The number of hydrogen-bond acceptors (Lipinski definition) is 4. The van der Waals surface area contributed by atoms with Crippen LogP contribution >= 0.6 is 34.7 Å². The standard InChI is InChI=1S/C21H16ClFN2S2/c1-12-3-7-15(8-4-12)17-13(2)27-20-18(17)19(22)24-21(25-20)26-11-14-5-9-16(23)10-6-14/h3-10H,11H2,1-2H3. The number of fused-ring (bicyclic) bond motifs is 1. The second-order valence-electron chi connectivity index (χ2n) is 6.29. The summed E-state index contributed by atoms with van der Waals surface area (Å²) in [6.07, 6.45) is 0. The number of aryl methyl sites for hydroxylation is 2. The van der Waals surface area contributed by atoms with E-state index in [1.54, 1.807) is 23.5 Å². The van der Waals surface area contributed by atoms with Gasteiger partial charge in [0.15, 0.2) is 5.16 Å². The van der Waals surface area contributed by atoms with Gasteiger partial charge in [-0.25, -0.2) is 14.4 Å². The molecule has 2 aromatic heterocycles. The van der Waals surface area contributed by atoms with E-state index in [0.29, 0.717) is 16.1 Å². The van der Waals surface area contributed by atoms with E-state index < -0.39 is 0 Å². The maximum absolute atomic E-state index is 13.0. The normalized spacial score (nSPS) is 11.3. The molecule has 0 saturated heterocycles. The van der Waals surface area contributed by atoms with Crippen LogP contribution in [0, 0.1) is 19.7 Å². The van der Waals surface area contributed by atoms with Crippen molar-refractivity contribution in [3.8, 4) is 11.1 Å². The van der Waals surface area contributed by atoms with Gasteiger partial charge in [-0.3, -0.25) is 0 Å².